The van der Waals surface area contributed by atoms with E-state index < -0.39 is 0 Å². The van der Waals surface area contributed by atoms with Gasteiger partial charge in [-0.2, -0.15) is 0 Å². The molecular weight excluding hydrogens is 200 g/mol. The number of ether oxygens (including phenoxy) is 1. The molecule has 0 unspecified atom stereocenters. The lowest BCUT2D eigenvalue weighted by molar-refractivity contribution is 0.00229. The van der Waals surface area contributed by atoms with Crippen LogP contribution >= 0.6 is 0 Å². The fourth-order valence-electron chi connectivity index (χ4n) is 2.23. The van der Waals surface area contributed by atoms with Gasteiger partial charge in [0.05, 0.1) is 18.3 Å². The van der Waals surface area contributed by atoms with Crippen LogP contribution in [0.25, 0.3) is 0 Å². The van der Waals surface area contributed by atoms with E-state index in [0.29, 0.717) is 0 Å². The number of rotatable bonds is 7. The Kier molecular flexibility index (Phi) is 6.74. The van der Waals surface area contributed by atoms with E-state index in [0.717, 1.165) is 38.5 Å². The van der Waals surface area contributed by atoms with Crippen LogP contribution in [0.5, 0.6) is 0 Å². The molecule has 0 radical (unpaired) electrons. The minimum atomic E-state index is -0.230. The zero-order chi connectivity index (χ0) is 11.8. The highest BCUT2D eigenvalue weighted by Gasteiger charge is 2.32. The third-order valence-corrected chi connectivity index (χ3v) is 3.20. The average Bonchev–Trinajstić information content (AvgIpc) is 2.63. The second-order valence-corrected chi connectivity index (χ2v) is 4.70. The highest BCUT2D eigenvalue weighted by molar-refractivity contribution is 4.86. The second kappa shape index (κ2) is 7.86. The Balaban J connectivity index is 2.19. The lowest BCUT2D eigenvalue weighted by Gasteiger charge is -2.13. The molecule has 1 saturated heterocycles. The molecule has 3 atom stereocenters. The van der Waals surface area contributed by atoms with Crippen LogP contribution in [-0.2, 0) is 4.74 Å². The maximum absolute atomic E-state index is 9.85. The summed E-state index contributed by atoms with van der Waals surface area (Å²) in [4.78, 5) is 0. The number of aliphatic hydroxyl groups is 1. The van der Waals surface area contributed by atoms with Crippen LogP contribution in [0.4, 0.5) is 0 Å². The first-order valence-corrected chi connectivity index (χ1v) is 6.76. The van der Waals surface area contributed by atoms with Gasteiger partial charge in [-0.05, 0) is 25.7 Å². The number of hydrogen-bond acceptors (Lipinski definition) is 2. The molecule has 1 heterocycles. The van der Waals surface area contributed by atoms with E-state index in [2.05, 4.69) is 26.0 Å². The highest BCUT2D eigenvalue weighted by Crippen LogP contribution is 2.27. The molecule has 0 amide bonds. The molecule has 0 aromatic heterocycles. The summed E-state index contributed by atoms with van der Waals surface area (Å²) in [5.41, 5.74) is 0. The van der Waals surface area contributed by atoms with Crippen LogP contribution in [0.3, 0.4) is 0 Å². The molecule has 16 heavy (non-hydrogen) atoms. The van der Waals surface area contributed by atoms with E-state index in [4.69, 9.17) is 4.74 Å². The maximum atomic E-state index is 9.85. The summed E-state index contributed by atoms with van der Waals surface area (Å²) >= 11 is 0. The zero-order valence-electron chi connectivity index (χ0n) is 10.7. The molecule has 94 valence electrons. The molecule has 0 aromatic carbocycles. The Hall–Kier alpha value is -0.340. The standard InChI is InChI=1S/C14H26O2/c1-3-5-7-8-9-12-11-13(15)14(16-12)10-6-4-2/h5,7,12-15H,3-4,6,8-11H2,1-2H3/b7-5+/t12-,13+,14+/m1/s1. The first-order valence-electron chi connectivity index (χ1n) is 6.76. The van der Waals surface area contributed by atoms with Crippen molar-refractivity contribution in [3.05, 3.63) is 12.2 Å². The third-order valence-electron chi connectivity index (χ3n) is 3.20. The van der Waals surface area contributed by atoms with E-state index in [1.165, 1.54) is 6.42 Å². The first kappa shape index (κ1) is 13.7. The number of aliphatic hydroxyl groups excluding tert-OH is 1. The van der Waals surface area contributed by atoms with Crippen molar-refractivity contribution in [3.63, 3.8) is 0 Å². The van der Waals surface area contributed by atoms with E-state index >= 15 is 0 Å². The predicted molar refractivity (Wildman–Crippen MR) is 67.5 cm³/mol. The molecular formula is C14H26O2. The monoisotopic (exact) mass is 226 g/mol. The fraction of sp³-hybridized carbons (Fsp3) is 0.857. The van der Waals surface area contributed by atoms with Crippen molar-refractivity contribution >= 4 is 0 Å². The van der Waals surface area contributed by atoms with Gasteiger partial charge in [-0.1, -0.05) is 38.8 Å². The molecule has 0 spiro atoms. The van der Waals surface area contributed by atoms with Crippen molar-refractivity contribution in [2.24, 2.45) is 0 Å². The Morgan fingerprint density at radius 2 is 2.06 bits per heavy atom. The van der Waals surface area contributed by atoms with Crippen molar-refractivity contribution < 1.29 is 9.84 Å². The van der Waals surface area contributed by atoms with Crippen molar-refractivity contribution in [2.75, 3.05) is 0 Å². The summed E-state index contributed by atoms with van der Waals surface area (Å²) in [5, 5.41) is 9.85. The molecule has 0 saturated carbocycles. The summed E-state index contributed by atoms with van der Waals surface area (Å²) in [7, 11) is 0. The largest absolute Gasteiger partial charge is 0.390 e. The summed E-state index contributed by atoms with van der Waals surface area (Å²) in [5.74, 6) is 0. The number of unbranched alkanes of at least 4 members (excludes halogenated alkanes) is 1. The summed E-state index contributed by atoms with van der Waals surface area (Å²) in [6.07, 6.45) is 12.0. The molecule has 1 rings (SSSR count). The molecule has 2 nitrogen and oxygen atoms in total. The van der Waals surface area contributed by atoms with Crippen molar-refractivity contribution in [3.8, 4) is 0 Å². The van der Waals surface area contributed by atoms with Gasteiger partial charge in [0.2, 0.25) is 0 Å². The Morgan fingerprint density at radius 1 is 1.25 bits per heavy atom. The van der Waals surface area contributed by atoms with Gasteiger partial charge in [0.25, 0.3) is 0 Å². The Morgan fingerprint density at radius 3 is 2.75 bits per heavy atom. The van der Waals surface area contributed by atoms with Gasteiger partial charge in [-0.3, -0.25) is 0 Å². The quantitative estimate of drug-likeness (QED) is 0.674. The summed E-state index contributed by atoms with van der Waals surface area (Å²) in [6.45, 7) is 4.32. The topological polar surface area (TPSA) is 29.5 Å². The van der Waals surface area contributed by atoms with Gasteiger partial charge >= 0.3 is 0 Å². The van der Waals surface area contributed by atoms with Gasteiger partial charge in [0.15, 0.2) is 0 Å². The normalized spacial score (nSPS) is 30.3. The summed E-state index contributed by atoms with van der Waals surface area (Å²) < 4.78 is 5.87. The highest BCUT2D eigenvalue weighted by atomic mass is 16.5. The average molecular weight is 226 g/mol. The molecule has 1 N–H and O–H groups in total. The van der Waals surface area contributed by atoms with Crippen LogP contribution in [0.15, 0.2) is 12.2 Å². The van der Waals surface area contributed by atoms with E-state index in [1.54, 1.807) is 0 Å². The fourth-order valence-corrected chi connectivity index (χ4v) is 2.23. The van der Waals surface area contributed by atoms with Gasteiger partial charge in [0, 0.05) is 6.42 Å². The molecule has 1 aliphatic heterocycles. The molecule has 1 aliphatic rings. The van der Waals surface area contributed by atoms with Crippen LogP contribution in [0, 0.1) is 0 Å². The minimum Gasteiger partial charge on any atom is -0.390 e. The second-order valence-electron chi connectivity index (χ2n) is 4.70. The molecule has 0 bridgehead atoms. The predicted octanol–water partition coefficient (Wildman–Crippen LogP) is 3.44. The number of hydrogen-bond donors (Lipinski definition) is 1. The van der Waals surface area contributed by atoms with Crippen molar-refractivity contribution in [1.82, 2.24) is 0 Å². The van der Waals surface area contributed by atoms with Gasteiger partial charge in [-0.15, -0.1) is 0 Å². The van der Waals surface area contributed by atoms with Crippen molar-refractivity contribution in [1.29, 1.82) is 0 Å². The third kappa shape index (κ3) is 4.67. The molecule has 1 fully saturated rings. The lowest BCUT2D eigenvalue weighted by Crippen LogP contribution is -2.20. The van der Waals surface area contributed by atoms with E-state index in [9.17, 15) is 5.11 Å². The molecule has 0 aliphatic carbocycles. The van der Waals surface area contributed by atoms with E-state index in [-0.39, 0.29) is 18.3 Å². The lowest BCUT2D eigenvalue weighted by atomic mass is 10.0. The molecule has 0 aromatic rings. The maximum Gasteiger partial charge on any atom is 0.0838 e. The van der Waals surface area contributed by atoms with Crippen LogP contribution in [-0.4, -0.2) is 23.4 Å². The zero-order valence-corrected chi connectivity index (χ0v) is 10.7. The molecule has 2 heteroatoms. The minimum absolute atomic E-state index is 0.0973. The summed E-state index contributed by atoms with van der Waals surface area (Å²) in [6, 6.07) is 0. The van der Waals surface area contributed by atoms with Gasteiger partial charge < -0.3 is 9.84 Å². The number of allylic oxidation sites excluding steroid dienone is 2. The van der Waals surface area contributed by atoms with Gasteiger partial charge in [0.1, 0.15) is 0 Å². The first-order chi connectivity index (χ1) is 7.77. The van der Waals surface area contributed by atoms with Crippen LogP contribution in [0.1, 0.15) is 58.8 Å². The Bertz CT molecular complexity index is 201. The van der Waals surface area contributed by atoms with E-state index in [1.807, 2.05) is 0 Å². The van der Waals surface area contributed by atoms with Gasteiger partial charge in [-0.25, -0.2) is 0 Å². The van der Waals surface area contributed by atoms with Crippen LogP contribution < -0.4 is 0 Å². The SMILES string of the molecule is CC/C=C/CC[C@@H]1C[C@H](O)[C@H](CCCC)O1. The van der Waals surface area contributed by atoms with Crippen LogP contribution in [0.2, 0.25) is 0 Å². The van der Waals surface area contributed by atoms with Crippen molar-refractivity contribution in [2.45, 2.75) is 77.1 Å². The smallest absolute Gasteiger partial charge is 0.0838 e. The Labute approximate surface area is 99.7 Å².